The molecule has 6 aliphatic carbocycles. The molecule has 0 spiro atoms. The summed E-state index contributed by atoms with van der Waals surface area (Å²) in [5.74, 6) is 52.7. The molecule has 6 bridgehead atoms. The molecule has 90 heavy (non-hydrogen) atoms. The van der Waals surface area contributed by atoms with Crippen molar-refractivity contribution in [3.05, 3.63) is 138 Å². The van der Waals surface area contributed by atoms with E-state index in [9.17, 15) is 0 Å². The second kappa shape index (κ2) is 32.3. The van der Waals surface area contributed by atoms with Crippen molar-refractivity contribution in [2.24, 2.45) is 35.5 Å². The number of rotatable bonds is 9. The SMILES string of the molecule is CC(C)[Si](C#CC1=C(C#CC#Cc2c(Cl)c(C#CC#CC3=C(C#C[Si](C(C)C)(C(C)C)C(C)C)C4/C=C\C=C/C3CCC4)c(Cl)c(C#CC#CC3=C(C#C[Si](C(C)C)(C(C)C)C(C)C)C4/C=C\C=C/C3CCC4)c2Cl)C2/C=C\C=C/C1CCC2)(C(C)C)C(C)C. The minimum Gasteiger partial charge on any atom is -0.125 e. The smallest absolute Gasteiger partial charge is 0.125 e. The van der Waals surface area contributed by atoms with Crippen molar-refractivity contribution in [3.8, 4) is 105 Å². The van der Waals surface area contributed by atoms with Crippen molar-refractivity contribution in [1.29, 1.82) is 0 Å². The molecule has 0 aromatic heterocycles. The van der Waals surface area contributed by atoms with Gasteiger partial charge in [0.2, 0.25) is 0 Å². The highest BCUT2D eigenvalue weighted by atomic mass is 35.5. The first-order valence-corrected chi connectivity index (χ1v) is 41.8. The van der Waals surface area contributed by atoms with Crippen molar-refractivity contribution in [2.45, 2.75) is 232 Å². The van der Waals surface area contributed by atoms with Gasteiger partial charge in [0.25, 0.3) is 0 Å². The maximum atomic E-state index is 7.46. The molecule has 1 aromatic rings. The molecule has 6 atom stereocenters. The van der Waals surface area contributed by atoms with E-state index in [1.807, 2.05) is 0 Å². The van der Waals surface area contributed by atoms with Crippen LogP contribution in [-0.2, 0) is 0 Å². The maximum Gasteiger partial charge on any atom is 0.146 e. The van der Waals surface area contributed by atoms with Crippen LogP contribution in [0.4, 0.5) is 0 Å². The van der Waals surface area contributed by atoms with Crippen molar-refractivity contribution >= 4 is 59.0 Å². The first-order chi connectivity index (χ1) is 42.9. The summed E-state index contributed by atoms with van der Waals surface area (Å²) in [5, 5.41) is 0.667. The van der Waals surface area contributed by atoms with Gasteiger partial charge in [0.1, 0.15) is 24.2 Å². The molecular weight excluding hydrogens is 1200 g/mol. The van der Waals surface area contributed by atoms with Crippen LogP contribution in [0.3, 0.4) is 0 Å². The van der Waals surface area contributed by atoms with E-state index in [1.165, 1.54) is 0 Å². The topological polar surface area (TPSA) is 0 Å². The average molecular weight is 1300 g/mol. The van der Waals surface area contributed by atoms with Crippen LogP contribution in [0.15, 0.2) is 106 Å². The lowest BCUT2D eigenvalue weighted by atomic mass is 9.87. The zero-order valence-corrected chi connectivity index (χ0v) is 62.9. The second-order valence-corrected chi connectivity index (χ2v) is 46.6. The van der Waals surface area contributed by atoms with Crippen molar-refractivity contribution in [1.82, 2.24) is 0 Å². The zero-order chi connectivity index (χ0) is 65.7. The first-order valence-electron chi connectivity index (χ1n) is 34.0. The number of halogens is 3. The van der Waals surface area contributed by atoms with E-state index in [1.54, 1.807) is 0 Å². The Labute approximate surface area is 566 Å². The van der Waals surface area contributed by atoms with E-state index >= 15 is 0 Å². The molecule has 6 unspecified atom stereocenters. The molecule has 0 amide bonds. The molecule has 0 fully saturated rings. The Hall–Kier alpha value is -5.56. The Bertz CT molecular complexity index is 3310. The van der Waals surface area contributed by atoms with Gasteiger partial charge in [-0.05, 0) is 142 Å². The zero-order valence-electron chi connectivity index (χ0n) is 57.6. The minimum atomic E-state index is -2.05. The minimum absolute atomic E-state index is 0.133. The van der Waals surface area contributed by atoms with E-state index in [2.05, 4.69) is 303 Å². The summed E-state index contributed by atoms with van der Waals surface area (Å²) in [6, 6.07) is 0. The van der Waals surface area contributed by atoms with Crippen LogP contribution in [0.5, 0.6) is 0 Å². The number of hydrogen-bond donors (Lipinski definition) is 0. The molecule has 6 heteroatoms. The fourth-order valence-corrected chi connectivity index (χ4v) is 33.1. The third-order valence-corrected chi connectivity index (χ3v) is 41.1. The molecule has 0 radical (unpaired) electrons. The van der Waals surface area contributed by atoms with Crippen LogP contribution in [0, 0.1) is 141 Å². The normalized spacial score (nSPS) is 23.3. The number of allylic oxidation sites excluding steroid dienone is 18. The van der Waals surface area contributed by atoms with Crippen LogP contribution in [0.2, 0.25) is 64.9 Å². The summed E-state index contributed by atoms with van der Waals surface area (Å²) in [4.78, 5) is 0. The van der Waals surface area contributed by atoms with Crippen LogP contribution >= 0.6 is 34.8 Å². The monoisotopic (exact) mass is 1300 g/mol. The fourth-order valence-electron chi connectivity index (χ4n) is 16.4. The molecule has 0 nitrogen and oxygen atoms in total. The highest BCUT2D eigenvalue weighted by Gasteiger charge is 2.44. The van der Waals surface area contributed by atoms with Gasteiger partial charge in [0.15, 0.2) is 0 Å². The van der Waals surface area contributed by atoms with Gasteiger partial charge in [0.05, 0.1) is 31.8 Å². The van der Waals surface area contributed by atoms with E-state index in [-0.39, 0.29) is 50.6 Å². The maximum absolute atomic E-state index is 7.46. The summed E-state index contributed by atoms with van der Waals surface area (Å²) in [7, 11) is -6.14. The van der Waals surface area contributed by atoms with Crippen molar-refractivity contribution in [2.75, 3.05) is 0 Å². The van der Waals surface area contributed by atoms with Crippen molar-refractivity contribution in [3.63, 3.8) is 0 Å². The average Bonchev–Trinajstić information content (AvgIpc) is 0.891. The van der Waals surface area contributed by atoms with Crippen LogP contribution in [0.25, 0.3) is 0 Å². The summed E-state index contributed by atoms with van der Waals surface area (Å²) >= 11 is 22.4. The van der Waals surface area contributed by atoms with Gasteiger partial charge in [-0.15, -0.1) is 16.6 Å². The Balaban J connectivity index is 1.45. The van der Waals surface area contributed by atoms with Gasteiger partial charge < -0.3 is 0 Å². The van der Waals surface area contributed by atoms with Crippen molar-refractivity contribution < 1.29 is 0 Å². The number of fused-ring (bicyclic) bond motifs is 6. The lowest BCUT2D eigenvalue weighted by Crippen LogP contribution is -2.43. The Morgan fingerprint density at radius 2 is 0.433 bits per heavy atom. The molecule has 7 rings (SSSR count). The first kappa shape index (κ1) is 71.9. The largest absolute Gasteiger partial charge is 0.146 e. The van der Waals surface area contributed by atoms with E-state index in [0.717, 1.165) is 91.2 Å². The van der Waals surface area contributed by atoms with Gasteiger partial charge >= 0.3 is 0 Å². The van der Waals surface area contributed by atoms with Gasteiger partial charge in [-0.25, -0.2) is 0 Å². The van der Waals surface area contributed by atoms with E-state index < -0.39 is 24.2 Å². The second-order valence-electron chi connectivity index (χ2n) is 28.7. The quantitative estimate of drug-likeness (QED) is 0.171. The number of benzene rings is 1. The molecule has 468 valence electrons. The standard InChI is InChI=1S/C84H99Cl3Si3/c1-58(2)88(59(3)4,60(5)6)55-52-76-70-37-22-19-34-67(40-31-43-70)73(76)46-25-28-49-79-82(85)80(50-29-26-47-74-68-35-20-23-38-71(44-32-41-68)77(74)53-56-89(61(7)8,62(9)10)63(11)12)84(87)81(83(79)86)51-30-27-48-75-69-36-21-24-39-72(45-33-42-69)78(75)54-57-90(64(13)14,65(15)16)66(17)18/h19-24,34-39,58-72H,31-33,40-45H2,1-18H3/b34-19-,35-20-,36-21-,37-22-,38-23-,39-24-. The molecule has 0 saturated carbocycles. The Kier molecular flexibility index (Phi) is 25.8. The van der Waals surface area contributed by atoms with Crippen LogP contribution < -0.4 is 0 Å². The van der Waals surface area contributed by atoms with E-state index in [0.29, 0.717) is 66.6 Å². The third kappa shape index (κ3) is 15.7. The Morgan fingerprint density at radius 3 is 0.611 bits per heavy atom. The third-order valence-electron chi connectivity index (χ3n) is 21.1. The summed E-state index contributed by atoms with van der Waals surface area (Å²) in [6.45, 7) is 42.7. The van der Waals surface area contributed by atoms with Crippen LogP contribution in [-0.4, -0.2) is 24.2 Å². The van der Waals surface area contributed by atoms with Crippen LogP contribution in [0.1, 0.15) is 199 Å². The predicted octanol–water partition coefficient (Wildman–Crippen LogP) is 22.9. The van der Waals surface area contributed by atoms with Gasteiger partial charge in [-0.2, -0.15) is 0 Å². The van der Waals surface area contributed by atoms with Gasteiger partial charge in [-0.1, -0.05) is 287 Å². The lowest BCUT2D eigenvalue weighted by molar-refractivity contribution is 0.600. The highest BCUT2D eigenvalue weighted by molar-refractivity contribution is 6.91. The van der Waals surface area contributed by atoms with Gasteiger partial charge in [0, 0.05) is 68.9 Å². The Morgan fingerprint density at radius 1 is 0.267 bits per heavy atom. The molecule has 0 aliphatic heterocycles. The van der Waals surface area contributed by atoms with Gasteiger partial charge in [-0.3, -0.25) is 0 Å². The molecule has 0 heterocycles. The molecular formula is C84H99Cl3Si3. The predicted molar refractivity (Wildman–Crippen MR) is 400 cm³/mol. The lowest BCUT2D eigenvalue weighted by Gasteiger charge is -2.38. The summed E-state index contributed by atoms with van der Waals surface area (Å²) in [6.07, 6.45) is 36.2. The molecule has 1 aromatic carbocycles. The molecule has 6 aliphatic rings. The fraction of sp³-hybridized carbons (Fsp3) is 0.500. The number of hydrogen-bond acceptors (Lipinski definition) is 0. The summed E-state index contributed by atoms with van der Waals surface area (Å²) < 4.78 is 0. The summed E-state index contributed by atoms with van der Waals surface area (Å²) in [5.41, 5.74) is 24.3. The molecule has 0 saturated heterocycles. The van der Waals surface area contributed by atoms with E-state index in [4.69, 9.17) is 34.8 Å². The molecule has 0 N–H and O–H groups in total. The highest BCUT2D eigenvalue weighted by Crippen LogP contribution is 2.46.